The Hall–Kier alpha value is -3.15. The number of amides is 1. The molecule has 0 aliphatic rings. The van der Waals surface area contributed by atoms with E-state index in [2.05, 4.69) is 5.32 Å². The zero-order valence-electron chi connectivity index (χ0n) is 18.3. The Kier molecular flexibility index (Phi) is 9.25. The van der Waals surface area contributed by atoms with Gasteiger partial charge in [-0.15, -0.1) is 0 Å². The van der Waals surface area contributed by atoms with Crippen LogP contribution in [0.4, 0.5) is 0 Å². The van der Waals surface area contributed by atoms with E-state index in [1.54, 1.807) is 20.8 Å². The van der Waals surface area contributed by atoms with Crippen LogP contribution in [0.15, 0.2) is 54.6 Å². The summed E-state index contributed by atoms with van der Waals surface area (Å²) in [7, 11) is 0. The maximum Gasteiger partial charge on any atom is 0.308 e. The third-order valence-corrected chi connectivity index (χ3v) is 4.87. The molecule has 6 nitrogen and oxygen atoms in total. The quantitative estimate of drug-likeness (QED) is 0.526. The number of esters is 1. The van der Waals surface area contributed by atoms with Crippen LogP contribution in [0.2, 0.25) is 0 Å². The number of nitrogens with one attached hydrogen (secondary N) is 1. The number of carbonyl (C=O) groups is 3. The van der Waals surface area contributed by atoms with Crippen molar-refractivity contribution < 1.29 is 24.2 Å². The van der Waals surface area contributed by atoms with E-state index in [1.165, 1.54) is 0 Å². The van der Waals surface area contributed by atoms with Crippen molar-refractivity contribution in [1.82, 2.24) is 5.32 Å². The third kappa shape index (κ3) is 8.62. The fourth-order valence-electron chi connectivity index (χ4n) is 3.33. The number of carboxylic acid groups (broad SMARTS) is 1. The van der Waals surface area contributed by atoms with Gasteiger partial charge in [0.25, 0.3) is 0 Å². The minimum Gasteiger partial charge on any atom is -0.481 e. The number of carboxylic acids is 1. The molecule has 0 radical (unpaired) electrons. The first kappa shape index (κ1) is 24.1. The van der Waals surface area contributed by atoms with Gasteiger partial charge in [0.05, 0.1) is 18.4 Å². The highest BCUT2D eigenvalue weighted by Gasteiger charge is 2.23. The molecule has 0 bridgehead atoms. The van der Waals surface area contributed by atoms with Gasteiger partial charge in [0.1, 0.15) is 0 Å². The first-order valence-electron chi connectivity index (χ1n) is 10.6. The largest absolute Gasteiger partial charge is 0.481 e. The van der Waals surface area contributed by atoms with Crippen LogP contribution in [0.1, 0.15) is 45.6 Å². The summed E-state index contributed by atoms with van der Waals surface area (Å²) in [4.78, 5) is 35.2. The van der Waals surface area contributed by atoms with Crippen molar-refractivity contribution in [2.45, 2.75) is 58.6 Å². The molecule has 2 atom stereocenters. The lowest BCUT2D eigenvalue weighted by Crippen LogP contribution is -2.39. The van der Waals surface area contributed by atoms with Gasteiger partial charge in [0, 0.05) is 12.5 Å². The minimum absolute atomic E-state index is 0.0937. The van der Waals surface area contributed by atoms with Gasteiger partial charge in [-0.1, -0.05) is 61.5 Å². The van der Waals surface area contributed by atoms with Crippen LogP contribution in [0.3, 0.4) is 0 Å². The average Bonchev–Trinajstić information content (AvgIpc) is 2.73. The fraction of sp³-hybridized carbons (Fsp3) is 0.400. The van der Waals surface area contributed by atoms with E-state index in [0.29, 0.717) is 12.8 Å². The van der Waals surface area contributed by atoms with Crippen LogP contribution in [0.5, 0.6) is 0 Å². The third-order valence-electron chi connectivity index (χ3n) is 4.87. The Balaban J connectivity index is 2.08. The Morgan fingerprint density at radius 1 is 0.903 bits per heavy atom. The summed E-state index contributed by atoms with van der Waals surface area (Å²) >= 11 is 0. The fourth-order valence-corrected chi connectivity index (χ4v) is 3.33. The molecule has 0 aliphatic heterocycles. The summed E-state index contributed by atoms with van der Waals surface area (Å²) < 4.78 is 5.28. The molecule has 0 aliphatic carbocycles. The zero-order valence-corrected chi connectivity index (χ0v) is 18.3. The molecule has 0 heterocycles. The molecule has 2 aromatic rings. The molecular weight excluding hydrogens is 394 g/mol. The molecule has 2 N–H and O–H groups in total. The Morgan fingerprint density at radius 2 is 1.52 bits per heavy atom. The van der Waals surface area contributed by atoms with Gasteiger partial charge in [-0.2, -0.15) is 0 Å². The molecule has 0 fully saturated rings. The van der Waals surface area contributed by atoms with Crippen LogP contribution < -0.4 is 5.32 Å². The Bertz CT molecular complexity index is 861. The van der Waals surface area contributed by atoms with Crippen LogP contribution in [0, 0.1) is 5.92 Å². The van der Waals surface area contributed by atoms with Crippen molar-refractivity contribution >= 4 is 17.8 Å². The predicted molar refractivity (Wildman–Crippen MR) is 119 cm³/mol. The molecule has 1 amide bonds. The SMILES string of the molecule is CC(C)OC(=O)C(C)CC(Cc1ccc(-c2ccccc2)cc1)NC(=O)CCC(=O)O. The van der Waals surface area contributed by atoms with Crippen molar-refractivity contribution in [3.8, 4) is 11.1 Å². The van der Waals surface area contributed by atoms with Crippen molar-refractivity contribution in [2.75, 3.05) is 0 Å². The first-order valence-corrected chi connectivity index (χ1v) is 10.6. The smallest absolute Gasteiger partial charge is 0.308 e. The van der Waals surface area contributed by atoms with Crippen LogP contribution >= 0.6 is 0 Å². The average molecular weight is 426 g/mol. The number of ether oxygens (including phenoxy) is 1. The topological polar surface area (TPSA) is 92.7 Å². The molecule has 2 aromatic carbocycles. The first-order chi connectivity index (χ1) is 14.7. The number of carbonyl (C=O) groups excluding carboxylic acids is 2. The van der Waals surface area contributed by atoms with Crippen LogP contribution in [-0.4, -0.2) is 35.1 Å². The molecule has 6 heteroatoms. The second kappa shape index (κ2) is 11.9. The van der Waals surface area contributed by atoms with Gasteiger partial charge in [-0.05, 0) is 43.4 Å². The summed E-state index contributed by atoms with van der Waals surface area (Å²) in [5, 5.41) is 11.7. The highest BCUT2D eigenvalue weighted by molar-refractivity contribution is 5.81. The number of hydrogen-bond acceptors (Lipinski definition) is 4. The number of hydrogen-bond donors (Lipinski definition) is 2. The molecular formula is C25H31NO5. The van der Waals surface area contributed by atoms with E-state index in [4.69, 9.17) is 9.84 Å². The van der Waals surface area contributed by atoms with Gasteiger partial charge < -0.3 is 15.2 Å². The van der Waals surface area contributed by atoms with E-state index in [0.717, 1.165) is 16.7 Å². The summed E-state index contributed by atoms with van der Waals surface area (Å²) in [6.07, 6.45) is 0.417. The summed E-state index contributed by atoms with van der Waals surface area (Å²) in [5.74, 6) is -2.05. The van der Waals surface area contributed by atoms with Crippen LogP contribution in [-0.2, 0) is 25.5 Å². The molecule has 0 spiro atoms. The normalized spacial score (nSPS) is 12.8. The Morgan fingerprint density at radius 3 is 2.10 bits per heavy atom. The van der Waals surface area contributed by atoms with Gasteiger partial charge in [-0.3, -0.25) is 14.4 Å². The lowest BCUT2D eigenvalue weighted by atomic mass is 9.94. The summed E-state index contributed by atoms with van der Waals surface area (Å²) in [6, 6.07) is 17.8. The van der Waals surface area contributed by atoms with E-state index >= 15 is 0 Å². The standard InChI is InChI=1S/C25H31NO5/c1-17(2)31-25(30)18(3)15-22(26-23(27)13-14-24(28)29)16-19-9-11-21(12-10-19)20-7-5-4-6-8-20/h4-12,17-18,22H,13-16H2,1-3H3,(H,26,27)(H,28,29). The zero-order chi connectivity index (χ0) is 22.8. The minimum atomic E-state index is -1.02. The molecule has 166 valence electrons. The molecule has 0 saturated carbocycles. The lowest BCUT2D eigenvalue weighted by Gasteiger charge is -2.22. The van der Waals surface area contributed by atoms with Gasteiger partial charge in [0.2, 0.25) is 5.91 Å². The molecule has 31 heavy (non-hydrogen) atoms. The highest BCUT2D eigenvalue weighted by Crippen LogP contribution is 2.21. The summed E-state index contributed by atoms with van der Waals surface area (Å²) in [5.41, 5.74) is 3.24. The van der Waals surface area contributed by atoms with E-state index in [-0.39, 0.29) is 36.9 Å². The van der Waals surface area contributed by atoms with Crippen LogP contribution in [0.25, 0.3) is 11.1 Å². The Labute approximate surface area is 183 Å². The van der Waals surface area contributed by atoms with Gasteiger partial charge in [0.15, 0.2) is 0 Å². The van der Waals surface area contributed by atoms with E-state index in [1.807, 2.05) is 54.6 Å². The number of aliphatic carboxylic acids is 1. The monoisotopic (exact) mass is 425 g/mol. The molecule has 2 rings (SSSR count). The summed E-state index contributed by atoms with van der Waals surface area (Å²) in [6.45, 7) is 5.37. The predicted octanol–water partition coefficient (Wildman–Crippen LogP) is 4.22. The second-order valence-electron chi connectivity index (χ2n) is 8.05. The number of benzene rings is 2. The van der Waals surface area contributed by atoms with E-state index in [9.17, 15) is 14.4 Å². The van der Waals surface area contributed by atoms with Crippen molar-refractivity contribution in [2.24, 2.45) is 5.92 Å². The van der Waals surface area contributed by atoms with Gasteiger partial charge >= 0.3 is 11.9 Å². The molecule has 0 saturated heterocycles. The molecule has 0 aromatic heterocycles. The maximum atomic E-state index is 12.2. The maximum absolute atomic E-state index is 12.2. The van der Waals surface area contributed by atoms with E-state index < -0.39 is 11.9 Å². The van der Waals surface area contributed by atoms with Crippen molar-refractivity contribution in [3.05, 3.63) is 60.2 Å². The number of rotatable bonds is 11. The molecule has 2 unspecified atom stereocenters. The van der Waals surface area contributed by atoms with Crippen molar-refractivity contribution in [3.63, 3.8) is 0 Å². The van der Waals surface area contributed by atoms with Gasteiger partial charge in [-0.25, -0.2) is 0 Å². The second-order valence-corrected chi connectivity index (χ2v) is 8.05. The lowest BCUT2D eigenvalue weighted by molar-refractivity contribution is -0.152. The highest BCUT2D eigenvalue weighted by atomic mass is 16.5. The van der Waals surface area contributed by atoms with Crippen molar-refractivity contribution in [1.29, 1.82) is 0 Å².